The first-order valence-corrected chi connectivity index (χ1v) is 2.83. The normalized spacial score (nSPS) is 9.18. The van der Waals surface area contributed by atoms with Gasteiger partial charge in [-0.25, -0.2) is 9.78 Å². The number of rotatable bonds is 2. The fraction of sp³-hybridized carbons (Fsp3) is 0.167. The van der Waals surface area contributed by atoms with Crippen molar-refractivity contribution < 1.29 is 14.6 Å². The Morgan fingerprint density at radius 2 is 2.36 bits per heavy atom. The highest BCUT2D eigenvalue weighted by molar-refractivity contribution is 5.84. The van der Waals surface area contributed by atoms with Crippen LogP contribution in [0, 0.1) is 0 Å². The number of aromatic carboxylic acids is 1. The topological polar surface area (TPSA) is 72.3 Å². The number of ether oxygens (including phenoxy) is 1. The van der Waals surface area contributed by atoms with Gasteiger partial charge in [-0.3, -0.25) is 4.98 Å². The third kappa shape index (κ3) is 1.64. The monoisotopic (exact) mass is 154 g/mol. The highest BCUT2D eigenvalue weighted by Gasteiger charge is 2.04. The van der Waals surface area contributed by atoms with E-state index in [-0.39, 0.29) is 11.6 Å². The second-order valence-corrected chi connectivity index (χ2v) is 1.75. The Morgan fingerprint density at radius 3 is 2.91 bits per heavy atom. The Hall–Kier alpha value is -1.65. The van der Waals surface area contributed by atoms with Crippen LogP contribution in [-0.4, -0.2) is 28.2 Å². The van der Waals surface area contributed by atoms with Gasteiger partial charge in [0, 0.05) is 0 Å². The molecule has 0 atom stereocenters. The molecular weight excluding hydrogens is 148 g/mol. The minimum atomic E-state index is -1.11. The predicted molar refractivity (Wildman–Crippen MR) is 35.5 cm³/mol. The van der Waals surface area contributed by atoms with Gasteiger partial charge < -0.3 is 9.84 Å². The van der Waals surface area contributed by atoms with E-state index in [4.69, 9.17) is 5.11 Å². The smallest absolute Gasteiger partial charge is 0.356 e. The molecule has 0 unspecified atom stereocenters. The standard InChI is InChI=1S/C6H6N2O3/c1-11-5-3-7-2-4(8-5)6(9)10/h2-3H,1H3,(H,9,10). The summed E-state index contributed by atoms with van der Waals surface area (Å²) in [5.74, 6) is -0.915. The number of hydrogen-bond donors (Lipinski definition) is 1. The van der Waals surface area contributed by atoms with Crippen LogP contribution < -0.4 is 4.74 Å². The van der Waals surface area contributed by atoms with E-state index in [1.165, 1.54) is 13.3 Å². The van der Waals surface area contributed by atoms with Crippen molar-refractivity contribution in [2.45, 2.75) is 0 Å². The molecule has 0 radical (unpaired) electrons. The summed E-state index contributed by atoms with van der Waals surface area (Å²) >= 11 is 0. The van der Waals surface area contributed by atoms with E-state index in [1.54, 1.807) is 0 Å². The summed E-state index contributed by atoms with van der Waals surface area (Å²) in [6.07, 6.45) is 2.50. The molecule has 5 nitrogen and oxygen atoms in total. The van der Waals surface area contributed by atoms with Crippen LogP contribution in [0.2, 0.25) is 0 Å². The first-order chi connectivity index (χ1) is 5.24. The molecule has 1 rings (SSSR count). The van der Waals surface area contributed by atoms with Gasteiger partial charge >= 0.3 is 5.97 Å². The second-order valence-electron chi connectivity index (χ2n) is 1.75. The quantitative estimate of drug-likeness (QED) is 0.657. The summed E-state index contributed by atoms with van der Waals surface area (Å²) in [4.78, 5) is 17.5. The number of nitrogens with zero attached hydrogens (tertiary/aromatic N) is 2. The molecule has 0 fully saturated rings. The maximum absolute atomic E-state index is 10.3. The predicted octanol–water partition coefficient (Wildman–Crippen LogP) is 0.183. The molecule has 1 N–H and O–H groups in total. The summed E-state index contributed by atoms with van der Waals surface area (Å²) in [6, 6.07) is 0. The van der Waals surface area contributed by atoms with Gasteiger partial charge in [0.25, 0.3) is 0 Å². The average Bonchev–Trinajstić information content (AvgIpc) is 2.05. The van der Waals surface area contributed by atoms with Crippen molar-refractivity contribution in [3.8, 4) is 5.88 Å². The highest BCUT2D eigenvalue weighted by Crippen LogP contribution is 2.02. The fourth-order valence-electron chi connectivity index (χ4n) is 0.549. The van der Waals surface area contributed by atoms with Crippen LogP contribution in [0.5, 0.6) is 5.88 Å². The molecule has 0 aromatic carbocycles. The van der Waals surface area contributed by atoms with Crippen LogP contribution >= 0.6 is 0 Å². The molecule has 1 heterocycles. The van der Waals surface area contributed by atoms with Gasteiger partial charge in [-0.05, 0) is 0 Å². The summed E-state index contributed by atoms with van der Waals surface area (Å²) in [5.41, 5.74) is -0.121. The maximum Gasteiger partial charge on any atom is 0.356 e. The lowest BCUT2D eigenvalue weighted by Gasteiger charge is -1.96. The van der Waals surface area contributed by atoms with Crippen molar-refractivity contribution in [2.24, 2.45) is 0 Å². The van der Waals surface area contributed by atoms with Gasteiger partial charge in [0.15, 0.2) is 5.69 Å². The molecule has 0 bridgehead atoms. The number of hydrogen-bond acceptors (Lipinski definition) is 4. The van der Waals surface area contributed by atoms with E-state index in [0.29, 0.717) is 0 Å². The Bertz CT molecular complexity index is 274. The lowest BCUT2D eigenvalue weighted by atomic mass is 10.5. The minimum Gasteiger partial charge on any atom is -0.480 e. The van der Waals surface area contributed by atoms with Crippen molar-refractivity contribution in [3.05, 3.63) is 18.1 Å². The SMILES string of the molecule is COc1cncc(C(=O)O)n1. The molecule has 0 aliphatic heterocycles. The lowest BCUT2D eigenvalue weighted by Crippen LogP contribution is -2.02. The summed E-state index contributed by atoms with van der Waals surface area (Å²) in [7, 11) is 1.40. The van der Waals surface area contributed by atoms with Gasteiger partial charge in [0.1, 0.15) is 0 Å². The van der Waals surface area contributed by atoms with Crippen molar-refractivity contribution in [2.75, 3.05) is 7.11 Å². The Morgan fingerprint density at radius 1 is 1.64 bits per heavy atom. The summed E-state index contributed by atoms with van der Waals surface area (Å²) in [5, 5.41) is 8.45. The molecule has 0 spiro atoms. The van der Waals surface area contributed by atoms with Gasteiger partial charge in [-0.1, -0.05) is 0 Å². The van der Waals surface area contributed by atoms with Gasteiger partial charge in [-0.2, -0.15) is 0 Å². The van der Waals surface area contributed by atoms with Gasteiger partial charge in [0.2, 0.25) is 5.88 Å². The number of carboxylic acids is 1. The van der Waals surface area contributed by atoms with E-state index in [2.05, 4.69) is 14.7 Å². The van der Waals surface area contributed by atoms with E-state index in [1.807, 2.05) is 0 Å². The Balaban J connectivity index is 3.01. The van der Waals surface area contributed by atoms with E-state index < -0.39 is 5.97 Å². The highest BCUT2D eigenvalue weighted by atomic mass is 16.5. The van der Waals surface area contributed by atoms with Crippen LogP contribution in [-0.2, 0) is 0 Å². The average molecular weight is 154 g/mol. The molecule has 5 heteroatoms. The summed E-state index contributed by atoms with van der Waals surface area (Å²) in [6.45, 7) is 0. The number of carbonyl (C=O) groups is 1. The molecule has 0 saturated carbocycles. The Kier molecular flexibility index (Phi) is 2.00. The first-order valence-electron chi connectivity index (χ1n) is 2.83. The third-order valence-electron chi connectivity index (χ3n) is 1.04. The van der Waals surface area contributed by atoms with E-state index in [9.17, 15) is 4.79 Å². The molecule has 1 aromatic heterocycles. The molecule has 0 aliphatic carbocycles. The van der Waals surface area contributed by atoms with Crippen LogP contribution in [0.1, 0.15) is 10.5 Å². The molecule has 1 aromatic rings. The molecule has 11 heavy (non-hydrogen) atoms. The van der Waals surface area contributed by atoms with Gasteiger partial charge in [0.05, 0.1) is 19.5 Å². The number of methoxy groups -OCH3 is 1. The van der Waals surface area contributed by atoms with Crippen molar-refractivity contribution in [1.82, 2.24) is 9.97 Å². The molecule has 0 aliphatic rings. The van der Waals surface area contributed by atoms with Crippen LogP contribution in [0.25, 0.3) is 0 Å². The number of aromatic nitrogens is 2. The first kappa shape index (κ1) is 7.46. The zero-order valence-electron chi connectivity index (χ0n) is 5.81. The largest absolute Gasteiger partial charge is 0.480 e. The Labute approximate surface area is 62.7 Å². The molecular formula is C6H6N2O3. The minimum absolute atomic E-state index is 0.121. The fourth-order valence-corrected chi connectivity index (χ4v) is 0.549. The van der Waals surface area contributed by atoms with Crippen LogP contribution in [0.4, 0.5) is 0 Å². The molecule has 0 saturated heterocycles. The van der Waals surface area contributed by atoms with E-state index >= 15 is 0 Å². The lowest BCUT2D eigenvalue weighted by molar-refractivity contribution is 0.0689. The molecule has 58 valence electrons. The molecule has 0 amide bonds. The maximum atomic E-state index is 10.3. The number of carboxylic acid groups (broad SMARTS) is 1. The second kappa shape index (κ2) is 2.96. The van der Waals surface area contributed by atoms with Crippen molar-refractivity contribution in [1.29, 1.82) is 0 Å². The summed E-state index contributed by atoms with van der Waals surface area (Å²) < 4.78 is 4.67. The zero-order valence-corrected chi connectivity index (χ0v) is 5.81. The third-order valence-corrected chi connectivity index (χ3v) is 1.04. The van der Waals surface area contributed by atoms with Crippen LogP contribution in [0.3, 0.4) is 0 Å². The van der Waals surface area contributed by atoms with Crippen molar-refractivity contribution in [3.63, 3.8) is 0 Å². The zero-order chi connectivity index (χ0) is 8.27. The van der Waals surface area contributed by atoms with Gasteiger partial charge in [-0.15, -0.1) is 0 Å². The van der Waals surface area contributed by atoms with Crippen molar-refractivity contribution >= 4 is 5.97 Å². The van der Waals surface area contributed by atoms with Crippen LogP contribution in [0.15, 0.2) is 12.4 Å². The van der Waals surface area contributed by atoms with E-state index in [0.717, 1.165) is 6.20 Å².